The number of aromatic nitrogens is 1. The zero-order valence-electron chi connectivity index (χ0n) is 18.9. The normalized spacial score (nSPS) is 19.4. The SMILES string of the molecule is CSCCn1c(=NC(=O)C2CCCN(S(=O)(=O)c3ccc(Cl)s3)C2)sc2cc3c(cc21)OCCO3. The maximum absolute atomic E-state index is 13.3. The monoisotopic (exact) mass is 573 g/mol. The molecule has 0 N–H and O–H groups in total. The molecule has 0 radical (unpaired) electrons. The van der Waals surface area contributed by atoms with Crippen LogP contribution >= 0.6 is 46.0 Å². The maximum Gasteiger partial charge on any atom is 0.252 e. The van der Waals surface area contributed by atoms with Gasteiger partial charge in [0, 0.05) is 37.5 Å². The number of carbonyl (C=O) groups excluding carboxylic acids is 1. The van der Waals surface area contributed by atoms with E-state index in [1.807, 2.05) is 23.0 Å². The number of ether oxygens (including phenoxy) is 2. The second-order valence-electron chi connectivity index (χ2n) is 8.20. The van der Waals surface area contributed by atoms with Crippen molar-refractivity contribution >= 4 is 72.2 Å². The molecule has 13 heteroatoms. The first-order chi connectivity index (χ1) is 16.9. The summed E-state index contributed by atoms with van der Waals surface area (Å²) in [5.74, 6) is 1.46. The number of fused-ring (bicyclic) bond motifs is 2. The molecule has 1 aromatic carbocycles. The second kappa shape index (κ2) is 10.4. The number of aryl methyl sites for hydroxylation is 1. The van der Waals surface area contributed by atoms with Crippen molar-refractivity contribution in [2.45, 2.75) is 23.6 Å². The number of hydrogen-bond donors (Lipinski definition) is 0. The van der Waals surface area contributed by atoms with Crippen molar-refractivity contribution in [3.05, 3.63) is 33.4 Å². The Balaban J connectivity index is 1.45. The van der Waals surface area contributed by atoms with Crippen molar-refractivity contribution in [1.29, 1.82) is 0 Å². The number of rotatable bonds is 6. The largest absolute Gasteiger partial charge is 0.486 e. The van der Waals surface area contributed by atoms with E-state index in [0.29, 0.717) is 59.8 Å². The van der Waals surface area contributed by atoms with Gasteiger partial charge in [0.25, 0.3) is 15.9 Å². The Hall–Kier alpha value is -1.57. The van der Waals surface area contributed by atoms with Gasteiger partial charge in [-0.1, -0.05) is 22.9 Å². The third-order valence-electron chi connectivity index (χ3n) is 5.95. The number of hydrogen-bond acceptors (Lipinski definition) is 8. The molecule has 5 rings (SSSR count). The van der Waals surface area contributed by atoms with Crippen LogP contribution in [0.1, 0.15) is 12.8 Å². The fourth-order valence-corrected chi connectivity index (χ4v) is 8.80. The van der Waals surface area contributed by atoms with Gasteiger partial charge in [-0.15, -0.1) is 11.3 Å². The summed E-state index contributed by atoms with van der Waals surface area (Å²) in [6, 6.07) is 6.97. The van der Waals surface area contributed by atoms with Gasteiger partial charge in [0.05, 0.1) is 20.5 Å². The Morgan fingerprint density at radius 2 is 2.00 bits per heavy atom. The quantitative estimate of drug-likeness (QED) is 0.441. The lowest BCUT2D eigenvalue weighted by Crippen LogP contribution is -2.42. The summed E-state index contributed by atoms with van der Waals surface area (Å²) in [5, 5.41) is 0. The van der Waals surface area contributed by atoms with Crippen LogP contribution in [0.15, 0.2) is 33.5 Å². The van der Waals surface area contributed by atoms with Gasteiger partial charge in [-0.05, 0) is 31.2 Å². The minimum Gasteiger partial charge on any atom is -0.486 e. The van der Waals surface area contributed by atoms with Crippen molar-refractivity contribution in [3.8, 4) is 11.5 Å². The van der Waals surface area contributed by atoms with Crippen molar-refractivity contribution in [3.63, 3.8) is 0 Å². The highest BCUT2D eigenvalue weighted by molar-refractivity contribution is 7.98. The molecular formula is C22H24ClN3O5S4. The lowest BCUT2D eigenvalue weighted by molar-refractivity contribution is -0.122. The second-order valence-corrected chi connectivity index (χ2v) is 14.1. The van der Waals surface area contributed by atoms with Gasteiger partial charge in [-0.25, -0.2) is 8.42 Å². The zero-order valence-corrected chi connectivity index (χ0v) is 23.0. The van der Waals surface area contributed by atoms with Gasteiger partial charge in [-0.2, -0.15) is 21.1 Å². The molecule has 8 nitrogen and oxygen atoms in total. The smallest absolute Gasteiger partial charge is 0.252 e. The van der Waals surface area contributed by atoms with Gasteiger partial charge in [0.15, 0.2) is 16.3 Å². The summed E-state index contributed by atoms with van der Waals surface area (Å²) < 4.78 is 42.6. The number of piperidine rings is 1. The van der Waals surface area contributed by atoms with Crippen LogP contribution in [0.4, 0.5) is 0 Å². The third-order valence-corrected chi connectivity index (χ3v) is 11.1. The molecule has 1 amide bonds. The molecule has 4 heterocycles. The van der Waals surface area contributed by atoms with E-state index in [4.69, 9.17) is 21.1 Å². The van der Waals surface area contributed by atoms with Crippen molar-refractivity contribution in [1.82, 2.24) is 8.87 Å². The predicted molar refractivity (Wildman–Crippen MR) is 141 cm³/mol. The molecule has 2 aliphatic heterocycles. The van der Waals surface area contributed by atoms with Gasteiger partial charge >= 0.3 is 0 Å². The summed E-state index contributed by atoms with van der Waals surface area (Å²) in [6.45, 7) is 2.19. The van der Waals surface area contributed by atoms with E-state index in [1.165, 1.54) is 21.7 Å². The Morgan fingerprint density at radius 3 is 2.71 bits per heavy atom. The molecule has 2 aromatic heterocycles. The number of benzene rings is 1. The van der Waals surface area contributed by atoms with E-state index < -0.39 is 15.9 Å². The van der Waals surface area contributed by atoms with Crippen LogP contribution in [0.5, 0.6) is 11.5 Å². The molecule has 188 valence electrons. The van der Waals surface area contributed by atoms with Crippen LogP contribution in [0, 0.1) is 5.92 Å². The average Bonchev–Trinajstić information content (AvgIpc) is 3.44. The molecule has 3 aromatic rings. The standard InChI is InChI=1S/C22H24ClN3O5S4/c1-32-10-7-26-15-11-16-17(31-9-8-30-16)12-18(15)33-22(26)24-21(27)14-3-2-6-25(13-14)35(28,29)20-5-4-19(23)34-20/h4-5,11-12,14H,2-3,6-10,13H2,1H3. The number of sulfonamides is 1. The third kappa shape index (κ3) is 5.14. The number of thiazole rings is 1. The number of nitrogens with zero attached hydrogens (tertiary/aromatic N) is 3. The summed E-state index contributed by atoms with van der Waals surface area (Å²) in [5.41, 5.74) is 0.947. The highest BCUT2D eigenvalue weighted by Gasteiger charge is 2.34. The number of thiophene rings is 1. The summed E-state index contributed by atoms with van der Waals surface area (Å²) in [7, 11) is -3.69. The van der Waals surface area contributed by atoms with E-state index in [1.54, 1.807) is 17.8 Å². The Labute approximate surface area is 220 Å². The van der Waals surface area contributed by atoms with Crippen LogP contribution in [0.25, 0.3) is 10.2 Å². The molecule has 2 aliphatic rings. The molecular weight excluding hydrogens is 550 g/mol. The molecule has 0 aliphatic carbocycles. The van der Waals surface area contributed by atoms with E-state index in [2.05, 4.69) is 4.99 Å². The highest BCUT2D eigenvalue weighted by Crippen LogP contribution is 2.36. The van der Waals surface area contributed by atoms with Crippen LogP contribution in [-0.4, -0.2) is 61.5 Å². The molecule has 0 bridgehead atoms. The van der Waals surface area contributed by atoms with Crippen molar-refractivity contribution in [2.24, 2.45) is 10.9 Å². The minimum absolute atomic E-state index is 0.117. The fraction of sp³-hybridized carbons (Fsp3) is 0.455. The number of amides is 1. The number of carbonyl (C=O) groups is 1. The van der Waals surface area contributed by atoms with Crippen LogP contribution in [0.2, 0.25) is 4.34 Å². The van der Waals surface area contributed by atoms with E-state index in [0.717, 1.165) is 27.3 Å². The molecule has 1 atom stereocenters. The topological polar surface area (TPSA) is 90.2 Å². The first-order valence-electron chi connectivity index (χ1n) is 11.1. The number of halogens is 1. The Kier molecular flexibility index (Phi) is 7.48. The zero-order chi connectivity index (χ0) is 24.6. The summed E-state index contributed by atoms with van der Waals surface area (Å²) >= 11 is 10.1. The van der Waals surface area contributed by atoms with Crippen molar-refractivity contribution in [2.75, 3.05) is 38.3 Å². The minimum atomic E-state index is -3.69. The molecule has 0 saturated carbocycles. The molecule has 35 heavy (non-hydrogen) atoms. The molecule has 1 fully saturated rings. The molecule has 1 unspecified atom stereocenters. The summed E-state index contributed by atoms with van der Waals surface area (Å²) in [4.78, 5) is 18.4. The first-order valence-corrected chi connectivity index (χ1v) is 16.0. The van der Waals surface area contributed by atoms with E-state index in [9.17, 15) is 13.2 Å². The van der Waals surface area contributed by atoms with Crippen LogP contribution in [0.3, 0.4) is 0 Å². The first kappa shape index (κ1) is 25.1. The van der Waals surface area contributed by atoms with Gasteiger partial charge in [0.2, 0.25) is 0 Å². The van der Waals surface area contributed by atoms with Gasteiger partial charge in [0.1, 0.15) is 17.4 Å². The average molecular weight is 574 g/mol. The van der Waals surface area contributed by atoms with Gasteiger partial charge < -0.3 is 14.0 Å². The fourth-order valence-electron chi connectivity index (χ4n) is 4.20. The van der Waals surface area contributed by atoms with E-state index in [-0.39, 0.29) is 16.7 Å². The molecule has 1 saturated heterocycles. The Morgan fingerprint density at radius 1 is 1.23 bits per heavy atom. The molecule has 0 spiro atoms. The highest BCUT2D eigenvalue weighted by atomic mass is 35.5. The van der Waals surface area contributed by atoms with Crippen molar-refractivity contribution < 1.29 is 22.7 Å². The lowest BCUT2D eigenvalue weighted by Gasteiger charge is -2.29. The predicted octanol–water partition coefficient (Wildman–Crippen LogP) is 4.08. The number of thioether (sulfide) groups is 1. The Bertz CT molecular complexity index is 1430. The maximum atomic E-state index is 13.3. The van der Waals surface area contributed by atoms with E-state index >= 15 is 0 Å². The van der Waals surface area contributed by atoms with Crippen LogP contribution in [-0.2, 0) is 21.4 Å². The lowest BCUT2D eigenvalue weighted by atomic mass is 9.99. The van der Waals surface area contributed by atoms with Crippen LogP contribution < -0.4 is 14.3 Å². The van der Waals surface area contributed by atoms with Gasteiger partial charge in [-0.3, -0.25) is 4.79 Å². The summed E-state index contributed by atoms with van der Waals surface area (Å²) in [6.07, 6.45) is 3.24.